The summed E-state index contributed by atoms with van der Waals surface area (Å²) in [5, 5.41) is 4.86. The molecular weight excluding hydrogens is 238 g/mol. The van der Waals surface area contributed by atoms with E-state index in [2.05, 4.69) is 10.5 Å². The van der Waals surface area contributed by atoms with E-state index in [0.717, 1.165) is 7.05 Å². The summed E-state index contributed by atoms with van der Waals surface area (Å²) in [6.45, 7) is 0. The second-order valence-electron chi connectivity index (χ2n) is 3.18. The highest BCUT2D eigenvalue weighted by atomic mass is 19.4. The molecule has 0 amide bonds. The number of anilines is 1. The van der Waals surface area contributed by atoms with Gasteiger partial charge in [0, 0.05) is 0 Å². The largest absolute Gasteiger partial charge is 0.411 e. The summed E-state index contributed by atoms with van der Waals surface area (Å²) in [6, 6.07) is 5.72. The Balaban J connectivity index is 2.72. The fourth-order valence-corrected chi connectivity index (χ4v) is 1.11. The van der Waals surface area contributed by atoms with Gasteiger partial charge in [0.2, 0.25) is 5.97 Å². The molecule has 0 aliphatic carbocycles. The fourth-order valence-electron chi connectivity index (χ4n) is 1.11. The number of benzene rings is 1. The monoisotopic (exact) mass is 249 g/mol. The zero-order valence-electron chi connectivity index (χ0n) is 8.92. The number of para-hydroxylation sites is 1. The molecule has 1 atom stereocenters. The number of hydrogen-bond donors (Lipinski definition) is 2. The zero-order valence-corrected chi connectivity index (χ0v) is 8.92. The molecule has 2 N–H and O–H groups in total. The summed E-state index contributed by atoms with van der Waals surface area (Å²) in [6.07, 6.45) is -4.72. The lowest BCUT2D eigenvalue weighted by atomic mass is 10.3. The van der Waals surface area contributed by atoms with E-state index >= 15 is 0 Å². The molecule has 0 aromatic heterocycles. The summed E-state index contributed by atoms with van der Waals surface area (Å²) in [4.78, 5) is 0. The highest BCUT2D eigenvalue weighted by Crippen LogP contribution is 2.21. The number of alkyl halides is 3. The van der Waals surface area contributed by atoms with Gasteiger partial charge >= 0.3 is 6.18 Å². The summed E-state index contributed by atoms with van der Waals surface area (Å²) in [5.74, 6) is -1.57. The minimum Gasteiger partial charge on any atom is -0.302 e. The van der Waals surface area contributed by atoms with Crippen LogP contribution in [0.2, 0.25) is 0 Å². The van der Waals surface area contributed by atoms with E-state index in [1.54, 1.807) is 30.3 Å². The van der Waals surface area contributed by atoms with Crippen LogP contribution in [0.1, 0.15) is 0 Å². The Labute approximate surface area is 95.5 Å². The van der Waals surface area contributed by atoms with E-state index in [1.807, 2.05) is 5.32 Å². The number of rotatable bonds is 4. The van der Waals surface area contributed by atoms with Gasteiger partial charge in [0.25, 0.3) is 0 Å². The maximum atomic E-state index is 13.2. The van der Waals surface area contributed by atoms with Crippen LogP contribution in [0.5, 0.6) is 0 Å². The second-order valence-corrected chi connectivity index (χ2v) is 3.18. The first-order valence-corrected chi connectivity index (χ1v) is 4.73. The quantitative estimate of drug-likeness (QED) is 0.488. The molecule has 0 spiro atoms. The Morgan fingerprint density at radius 1 is 1.24 bits per heavy atom. The average molecular weight is 249 g/mol. The molecular formula is C10H11F4N3. The molecule has 0 bridgehead atoms. The Bertz CT molecular complexity index is 375. The summed E-state index contributed by atoms with van der Waals surface area (Å²) in [7, 11) is 1.01. The van der Waals surface area contributed by atoms with E-state index < -0.39 is 18.2 Å². The maximum absolute atomic E-state index is 13.2. The lowest BCUT2D eigenvalue weighted by molar-refractivity contribution is -0.140. The van der Waals surface area contributed by atoms with Crippen LogP contribution in [-0.4, -0.2) is 25.2 Å². The topological polar surface area (TPSA) is 36.4 Å². The molecule has 94 valence electrons. The molecule has 0 fully saturated rings. The van der Waals surface area contributed by atoms with E-state index in [-0.39, 0.29) is 0 Å². The van der Waals surface area contributed by atoms with Gasteiger partial charge in [-0.15, -0.1) is 5.10 Å². The summed E-state index contributed by atoms with van der Waals surface area (Å²) < 4.78 is 50.0. The van der Waals surface area contributed by atoms with Crippen molar-refractivity contribution >= 4 is 11.7 Å². The molecule has 0 saturated heterocycles. The van der Waals surface area contributed by atoms with Gasteiger partial charge in [-0.25, -0.2) is 0 Å². The van der Waals surface area contributed by atoms with Crippen LogP contribution in [0.25, 0.3) is 0 Å². The second kappa shape index (κ2) is 5.62. The van der Waals surface area contributed by atoms with Crippen molar-refractivity contribution in [3.63, 3.8) is 0 Å². The molecule has 17 heavy (non-hydrogen) atoms. The number of hydrogen-bond acceptors (Lipinski definition) is 3. The van der Waals surface area contributed by atoms with Crippen molar-refractivity contribution in [2.45, 2.75) is 12.2 Å². The highest BCUT2D eigenvalue weighted by Gasteiger charge is 2.43. The van der Waals surface area contributed by atoms with Gasteiger partial charge in [0.15, 0.2) is 6.04 Å². The SMILES string of the molecule is CNC(C(F)=NNc1ccccc1)C(F)(F)F. The number of hydrazone groups is 1. The van der Waals surface area contributed by atoms with E-state index in [0.29, 0.717) is 5.69 Å². The van der Waals surface area contributed by atoms with Crippen LogP contribution in [0.3, 0.4) is 0 Å². The van der Waals surface area contributed by atoms with Crippen molar-refractivity contribution in [3.05, 3.63) is 30.3 Å². The van der Waals surface area contributed by atoms with Gasteiger partial charge in [0.05, 0.1) is 5.69 Å². The van der Waals surface area contributed by atoms with Crippen molar-refractivity contribution in [1.82, 2.24) is 5.32 Å². The maximum Gasteiger partial charge on any atom is 0.411 e. The normalized spacial score (nSPS) is 14.5. The molecule has 1 aromatic rings. The van der Waals surface area contributed by atoms with Crippen molar-refractivity contribution in [2.75, 3.05) is 12.5 Å². The smallest absolute Gasteiger partial charge is 0.302 e. The Hall–Kier alpha value is -1.63. The molecule has 0 aliphatic rings. The number of nitrogens with zero attached hydrogens (tertiary/aromatic N) is 1. The molecule has 1 aromatic carbocycles. The molecule has 1 rings (SSSR count). The van der Waals surface area contributed by atoms with Crippen LogP contribution in [0.4, 0.5) is 23.2 Å². The van der Waals surface area contributed by atoms with E-state index in [4.69, 9.17) is 0 Å². The van der Waals surface area contributed by atoms with Gasteiger partial charge < -0.3 is 5.32 Å². The van der Waals surface area contributed by atoms with Crippen molar-refractivity contribution in [3.8, 4) is 0 Å². The van der Waals surface area contributed by atoms with Crippen LogP contribution in [0, 0.1) is 0 Å². The standard InChI is InChI=1S/C10H11F4N3/c1-15-8(10(12,13)14)9(11)17-16-7-5-3-2-4-6-7/h2-6,8,15-16H,1H3. The van der Waals surface area contributed by atoms with Gasteiger partial charge in [-0.1, -0.05) is 18.2 Å². The molecule has 3 nitrogen and oxygen atoms in total. The predicted octanol–water partition coefficient (Wildman–Crippen LogP) is 2.53. The lowest BCUT2D eigenvalue weighted by Gasteiger charge is -2.16. The lowest BCUT2D eigenvalue weighted by Crippen LogP contribution is -2.45. The third-order valence-corrected chi connectivity index (χ3v) is 1.92. The van der Waals surface area contributed by atoms with Crippen LogP contribution < -0.4 is 10.7 Å². The molecule has 7 heteroatoms. The number of nitrogens with one attached hydrogen (secondary N) is 2. The minimum absolute atomic E-state index is 0.402. The average Bonchev–Trinajstić information content (AvgIpc) is 2.27. The molecule has 0 saturated carbocycles. The first kappa shape index (κ1) is 13.4. The zero-order chi connectivity index (χ0) is 12.9. The molecule has 1 unspecified atom stereocenters. The van der Waals surface area contributed by atoms with E-state index in [1.165, 1.54) is 0 Å². The van der Waals surface area contributed by atoms with E-state index in [9.17, 15) is 17.6 Å². The first-order chi connectivity index (χ1) is 7.95. The number of halogens is 4. The van der Waals surface area contributed by atoms with Crippen molar-refractivity contribution < 1.29 is 17.6 Å². The summed E-state index contributed by atoms with van der Waals surface area (Å²) >= 11 is 0. The van der Waals surface area contributed by atoms with Crippen LogP contribution >= 0.6 is 0 Å². The van der Waals surface area contributed by atoms with Crippen LogP contribution in [-0.2, 0) is 0 Å². The first-order valence-electron chi connectivity index (χ1n) is 4.73. The van der Waals surface area contributed by atoms with Gasteiger partial charge in [-0.3, -0.25) is 5.43 Å². The molecule has 0 aliphatic heterocycles. The highest BCUT2D eigenvalue weighted by molar-refractivity contribution is 5.82. The summed E-state index contributed by atoms with van der Waals surface area (Å²) in [5.41, 5.74) is 2.61. The Morgan fingerprint density at radius 2 is 1.82 bits per heavy atom. The predicted molar refractivity (Wildman–Crippen MR) is 57.5 cm³/mol. The third-order valence-electron chi connectivity index (χ3n) is 1.92. The Kier molecular flexibility index (Phi) is 4.45. The van der Waals surface area contributed by atoms with Crippen molar-refractivity contribution in [1.29, 1.82) is 0 Å². The third kappa shape index (κ3) is 4.03. The minimum atomic E-state index is -4.72. The van der Waals surface area contributed by atoms with Gasteiger partial charge in [-0.2, -0.15) is 17.6 Å². The fraction of sp³-hybridized carbons (Fsp3) is 0.300. The molecule has 0 radical (unpaired) electrons. The van der Waals surface area contributed by atoms with Crippen molar-refractivity contribution in [2.24, 2.45) is 5.10 Å². The Morgan fingerprint density at radius 3 is 2.29 bits per heavy atom. The van der Waals surface area contributed by atoms with Crippen LogP contribution in [0.15, 0.2) is 35.4 Å². The van der Waals surface area contributed by atoms with Gasteiger partial charge in [-0.05, 0) is 19.2 Å². The van der Waals surface area contributed by atoms with Gasteiger partial charge in [0.1, 0.15) is 0 Å². The molecule has 0 heterocycles.